The zero-order chi connectivity index (χ0) is 20.9. The Labute approximate surface area is 162 Å². The number of hydrogen-bond donors (Lipinski definition) is 2. The van der Waals surface area contributed by atoms with E-state index in [9.17, 15) is 23.3 Å². The smallest absolute Gasteiger partial charge is 0.271 e. The molecule has 2 aromatic rings. The molecule has 2 aromatic carbocycles. The predicted octanol–water partition coefficient (Wildman–Crippen LogP) is 2.61. The fourth-order valence-corrected chi connectivity index (χ4v) is 3.54. The van der Waals surface area contributed by atoms with Gasteiger partial charge in [-0.1, -0.05) is 6.07 Å². The Balaban J connectivity index is 2.11. The molecule has 0 aliphatic heterocycles. The van der Waals surface area contributed by atoms with Crippen molar-refractivity contribution >= 4 is 27.3 Å². The largest absolute Gasteiger partial charge is 0.494 e. The number of amides is 1. The number of sulfonamides is 1. The standard InChI is InChI=1S/C18H21N3O6S/c1-4-27-15-7-9-16(10-8-15)28(25,26)20-13(3)18(22)19-17-11-14(21(23)24)6-5-12(17)2/h5-11,13,20H,4H2,1-3H3,(H,19,22)/t13-/m0/s1. The number of rotatable bonds is 8. The van der Waals surface area contributed by atoms with E-state index < -0.39 is 26.9 Å². The Hall–Kier alpha value is -2.98. The highest BCUT2D eigenvalue weighted by Gasteiger charge is 2.23. The van der Waals surface area contributed by atoms with Crippen molar-refractivity contribution in [3.63, 3.8) is 0 Å². The molecule has 0 radical (unpaired) electrons. The van der Waals surface area contributed by atoms with Crippen molar-refractivity contribution in [3.05, 3.63) is 58.1 Å². The number of carbonyl (C=O) groups is 1. The molecule has 0 aromatic heterocycles. The SMILES string of the molecule is CCOc1ccc(S(=O)(=O)N[C@@H](C)C(=O)Nc2cc([N+](=O)[O-])ccc2C)cc1. The first-order valence-electron chi connectivity index (χ1n) is 8.45. The molecule has 2 rings (SSSR count). The van der Waals surface area contributed by atoms with Crippen LogP contribution in [-0.2, 0) is 14.8 Å². The summed E-state index contributed by atoms with van der Waals surface area (Å²) in [7, 11) is -3.93. The second-order valence-corrected chi connectivity index (χ2v) is 7.71. The minimum Gasteiger partial charge on any atom is -0.494 e. The molecule has 1 atom stereocenters. The first kappa shape index (κ1) is 21.3. The van der Waals surface area contributed by atoms with Gasteiger partial charge in [-0.3, -0.25) is 14.9 Å². The molecule has 2 N–H and O–H groups in total. The first-order chi connectivity index (χ1) is 13.1. The van der Waals surface area contributed by atoms with Gasteiger partial charge in [-0.2, -0.15) is 4.72 Å². The number of benzene rings is 2. The van der Waals surface area contributed by atoms with Gasteiger partial charge in [-0.05, 0) is 50.6 Å². The summed E-state index contributed by atoms with van der Waals surface area (Å²) in [6.07, 6.45) is 0. The van der Waals surface area contributed by atoms with E-state index >= 15 is 0 Å². The van der Waals surface area contributed by atoms with Crippen molar-refractivity contribution in [1.29, 1.82) is 0 Å². The lowest BCUT2D eigenvalue weighted by atomic mass is 10.1. The van der Waals surface area contributed by atoms with Crippen molar-refractivity contribution in [2.24, 2.45) is 0 Å². The van der Waals surface area contributed by atoms with Crippen molar-refractivity contribution in [2.75, 3.05) is 11.9 Å². The highest BCUT2D eigenvalue weighted by Crippen LogP contribution is 2.22. The molecule has 0 heterocycles. The normalized spacial score (nSPS) is 12.2. The summed E-state index contributed by atoms with van der Waals surface area (Å²) in [6, 6.07) is 8.75. The number of aryl methyl sites for hydroxylation is 1. The summed E-state index contributed by atoms with van der Waals surface area (Å²) in [5, 5.41) is 13.4. The van der Waals surface area contributed by atoms with Gasteiger partial charge < -0.3 is 10.1 Å². The molecule has 0 fully saturated rings. The molecule has 0 saturated carbocycles. The molecule has 0 bridgehead atoms. The Morgan fingerprint density at radius 1 is 1.21 bits per heavy atom. The first-order valence-corrected chi connectivity index (χ1v) is 9.93. The van der Waals surface area contributed by atoms with E-state index in [2.05, 4.69) is 10.0 Å². The van der Waals surface area contributed by atoms with Crippen LogP contribution in [0.1, 0.15) is 19.4 Å². The quantitative estimate of drug-likeness (QED) is 0.511. The van der Waals surface area contributed by atoms with Gasteiger partial charge in [0.25, 0.3) is 5.69 Å². The van der Waals surface area contributed by atoms with Crippen molar-refractivity contribution in [1.82, 2.24) is 4.72 Å². The van der Waals surface area contributed by atoms with Crippen molar-refractivity contribution in [3.8, 4) is 5.75 Å². The summed E-state index contributed by atoms with van der Waals surface area (Å²) < 4.78 is 32.5. The Bertz CT molecular complexity index is 973. The Morgan fingerprint density at radius 3 is 2.43 bits per heavy atom. The van der Waals surface area contributed by atoms with Crippen LogP contribution in [0.4, 0.5) is 11.4 Å². The molecule has 0 aliphatic carbocycles. The van der Waals surface area contributed by atoms with Gasteiger partial charge in [-0.15, -0.1) is 0 Å². The summed E-state index contributed by atoms with van der Waals surface area (Å²) in [4.78, 5) is 22.7. The van der Waals surface area contributed by atoms with E-state index in [0.29, 0.717) is 17.9 Å². The van der Waals surface area contributed by atoms with E-state index in [1.54, 1.807) is 6.92 Å². The summed E-state index contributed by atoms with van der Waals surface area (Å²) in [5.74, 6) is -0.105. The Kier molecular flexibility index (Phi) is 6.71. The van der Waals surface area contributed by atoms with Gasteiger partial charge in [0.15, 0.2) is 0 Å². The second-order valence-electron chi connectivity index (χ2n) is 5.99. The summed E-state index contributed by atoms with van der Waals surface area (Å²) >= 11 is 0. The molecule has 0 saturated heterocycles. The number of anilines is 1. The minimum atomic E-state index is -3.93. The number of nitrogens with zero attached hydrogens (tertiary/aromatic N) is 1. The van der Waals surface area contributed by atoms with Crippen LogP contribution < -0.4 is 14.8 Å². The third-order valence-corrected chi connectivity index (χ3v) is 5.42. The lowest BCUT2D eigenvalue weighted by Crippen LogP contribution is -2.41. The topological polar surface area (TPSA) is 128 Å². The van der Waals surface area contributed by atoms with E-state index in [1.165, 1.54) is 49.4 Å². The third kappa shape index (κ3) is 5.27. The third-order valence-electron chi connectivity index (χ3n) is 3.86. The van der Waals surface area contributed by atoms with Crippen LogP contribution in [-0.4, -0.2) is 31.9 Å². The zero-order valence-electron chi connectivity index (χ0n) is 15.6. The molecular weight excluding hydrogens is 386 g/mol. The van der Waals surface area contributed by atoms with Crippen LogP contribution in [0.25, 0.3) is 0 Å². The van der Waals surface area contributed by atoms with Crippen LogP contribution in [0, 0.1) is 17.0 Å². The van der Waals surface area contributed by atoms with Crippen LogP contribution in [0.2, 0.25) is 0 Å². The minimum absolute atomic E-state index is 0.0119. The molecule has 0 spiro atoms. The van der Waals surface area contributed by atoms with Crippen LogP contribution in [0.3, 0.4) is 0 Å². The summed E-state index contributed by atoms with van der Waals surface area (Å²) in [6.45, 7) is 5.33. The van der Waals surface area contributed by atoms with Crippen molar-refractivity contribution in [2.45, 2.75) is 31.7 Å². The monoisotopic (exact) mass is 407 g/mol. The van der Waals surface area contributed by atoms with Crippen LogP contribution in [0.5, 0.6) is 5.75 Å². The summed E-state index contributed by atoms with van der Waals surface area (Å²) in [5.41, 5.74) is 0.676. The fourth-order valence-electron chi connectivity index (χ4n) is 2.34. The maximum Gasteiger partial charge on any atom is 0.271 e. The number of non-ortho nitro benzene ring substituents is 1. The van der Waals surface area contributed by atoms with E-state index in [-0.39, 0.29) is 16.3 Å². The highest BCUT2D eigenvalue weighted by atomic mass is 32.2. The lowest BCUT2D eigenvalue weighted by molar-refractivity contribution is -0.384. The van der Waals surface area contributed by atoms with E-state index in [0.717, 1.165) is 0 Å². The van der Waals surface area contributed by atoms with Gasteiger partial charge in [0.05, 0.1) is 28.2 Å². The number of nitrogens with one attached hydrogen (secondary N) is 2. The van der Waals surface area contributed by atoms with Gasteiger partial charge in [-0.25, -0.2) is 8.42 Å². The number of hydrogen-bond acceptors (Lipinski definition) is 6. The Morgan fingerprint density at radius 2 is 1.86 bits per heavy atom. The fraction of sp³-hybridized carbons (Fsp3) is 0.278. The zero-order valence-corrected chi connectivity index (χ0v) is 16.4. The second kappa shape index (κ2) is 8.81. The molecular formula is C18H21N3O6S. The molecule has 1 amide bonds. The average Bonchev–Trinajstić information content (AvgIpc) is 2.63. The lowest BCUT2D eigenvalue weighted by Gasteiger charge is -2.15. The number of nitro benzene ring substituents is 1. The van der Waals surface area contributed by atoms with Gasteiger partial charge >= 0.3 is 0 Å². The number of nitro groups is 1. The van der Waals surface area contributed by atoms with E-state index in [4.69, 9.17) is 4.74 Å². The van der Waals surface area contributed by atoms with Crippen molar-refractivity contribution < 1.29 is 22.9 Å². The van der Waals surface area contributed by atoms with Gasteiger partial charge in [0.2, 0.25) is 15.9 Å². The maximum absolute atomic E-state index is 12.5. The molecule has 0 unspecified atom stereocenters. The maximum atomic E-state index is 12.5. The number of ether oxygens (including phenoxy) is 1. The average molecular weight is 407 g/mol. The molecule has 150 valence electrons. The number of carbonyl (C=O) groups excluding carboxylic acids is 1. The van der Waals surface area contributed by atoms with Crippen LogP contribution >= 0.6 is 0 Å². The van der Waals surface area contributed by atoms with E-state index in [1.807, 2.05) is 6.92 Å². The molecule has 10 heteroatoms. The molecule has 9 nitrogen and oxygen atoms in total. The predicted molar refractivity (Wildman–Crippen MR) is 104 cm³/mol. The molecule has 0 aliphatic rings. The molecule has 28 heavy (non-hydrogen) atoms. The van der Waals surface area contributed by atoms with Crippen LogP contribution in [0.15, 0.2) is 47.4 Å². The van der Waals surface area contributed by atoms with Gasteiger partial charge in [0.1, 0.15) is 5.75 Å². The highest BCUT2D eigenvalue weighted by molar-refractivity contribution is 7.89. The van der Waals surface area contributed by atoms with Gasteiger partial charge in [0, 0.05) is 12.1 Å².